The number of nitrogens with zero attached hydrogens (tertiary/aromatic N) is 7. The van der Waals surface area contributed by atoms with Gasteiger partial charge in [-0.3, -0.25) is 52.7 Å². The van der Waals surface area contributed by atoms with Crippen LogP contribution in [0.5, 0.6) is 0 Å². The van der Waals surface area contributed by atoms with Crippen LogP contribution in [0.15, 0.2) is 12.3 Å². The zero-order valence-corrected chi connectivity index (χ0v) is 61.3. The first-order valence-electron chi connectivity index (χ1n) is 34.0. The zero-order chi connectivity index (χ0) is 72.0. The summed E-state index contributed by atoms with van der Waals surface area (Å²) in [5.41, 5.74) is -0.365. The Bertz CT molecular complexity index is 2560. The van der Waals surface area contributed by atoms with E-state index in [9.17, 15) is 43.5 Å². The number of aliphatic hydroxyl groups excluding tert-OH is 1. The molecule has 24 nitrogen and oxygen atoms in total. The van der Waals surface area contributed by atoms with Gasteiger partial charge >= 0.3 is 0 Å². The molecule has 1 aliphatic heterocycles. The van der Waals surface area contributed by atoms with E-state index in [1.165, 1.54) is 82.8 Å². The Labute approximate surface area is 557 Å². The summed E-state index contributed by atoms with van der Waals surface area (Å²) < 4.78 is 0. The predicted octanol–water partition coefficient (Wildman–Crippen LogP) is 5.53. The molecule has 1 aliphatic rings. The topological polar surface area (TPSA) is 296 Å². The van der Waals surface area contributed by atoms with Gasteiger partial charge in [-0.25, -0.2) is 0 Å². The van der Waals surface area contributed by atoms with Gasteiger partial charge in [-0.1, -0.05) is 136 Å². The molecule has 0 aliphatic carbocycles. The number of hydrogen-bond donors (Lipinski definition) is 5. The molecule has 24 heteroatoms. The Morgan fingerprint density at radius 3 is 1.32 bits per heavy atom. The van der Waals surface area contributed by atoms with Crippen molar-refractivity contribution in [3.63, 3.8) is 0 Å². The molecule has 0 unspecified atom stereocenters. The molecular weight excluding hydrogens is 1190 g/mol. The van der Waals surface area contributed by atoms with Crippen LogP contribution in [0, 0.1) is 41.4 Å². The first-order chi connectivity index (χ1) is 43.0. The first-order valence-corrected chi connectivity index (χ1v) is 34.0. The lowest BCUT2D eigenvalue weighted by Gasteiger charge is -2.41. The predicted molar refractivity (Wildman–Crippen MR) is 361 cm³/mol. The average molecular weight is 1310 g/mol. The van der Waals surface area contributed by atoms with Crippen LogP contribution in [-0.4, -0.2) is 226 Å². The van der Waals surface area contributed by atoms with Gasteiger partial charge in [-0.2, -0.15) is 0 Å². The fourth-order valence-corrected chi connectivity index (χ4v) is 11.9. The number of unbranched alkanes of at least 4 members (excludes halogenated alkanes) is 5. The number of Topliss-reactive ketones (excluding diaryl/α,β-unsaturated/α-hetero) is 1. The lowest BCUT2D eigenvalue weighted by molar-refractivity contribution is -0.157. The first kappa shape index (κ1) is 84.6. The van der Waals surface area contributed by atoms with Crippen molar-refractivity contribution in [3.05, 3.63) is 12.3 Å². The average Bonchev–Trinajstić information content (AvgIpc) is 0.845. The largest absolute Gasteiger partial charge is 0.390 e. The lowest BCUT2D eigenvalue weighted by Crippen LogP contribution is -2.63. The molecule has 0 spiro atoms. The minimum Gasteiger partial charge on any atom is -0.390 e. The van der Waals surface area contributed by atoms with Crippen LogP contribution in [0.25, 0.3) is 0 Å². The van der Waals surface area contributed by atoms with Crippen LogP contribution in [0.4, 0.5) is 0 Å². The van der Waals surface area contributed by atoms with Crippen LogP contribution in [0.3, 0.4) is 0 Å². The number of aliphatic hydroxyl groups is 1. The highest BCUT2D eigenvalue weighted by molar-refractivity contribution is 6.02. The van der Waals surface area contributed by atoms with Gasteiger partial charge in [0.2, 0.25) is 59.1 Å². The molecule has 532 valence electrons. The third kappa shape index (κ3) is 25.0. The zero-order valence-electron chi connectivity index (χ0n) is 61.3. The number of amides is 11. The standard InChI is InChI=1S/C69H123N11O13/c1-26-50-65(89)74(19)49(18)64(88)75(20)52(36-40(4)5)61(85)73-55(43(10)11)68(92)76(21)51(35-39(2)3)60(84)70-47(16)59(83)71-48(17)63(87)77(22)53(37-41(6)7)66(90)78(23)54(38-42(8)9)67(91)79(24)56(44(12)13)69(93)80(25)57(62(86)72-50)58(82)45(14)33-31-29-27-28-30-32-34-46(15)81/h39-45,47-48,50-58,82H,18,26-38H2,1-17,19-25H3,(H,70,84)(H,71,83)(H,72,86)(H,73,85)/t45-,47+,48-,50+,51+,52+,53+,54+,55+,56+,57+,58-/m1/s1. The minimum absolute atomic E-state index is 0.0316. The maximum absolute atomic E-state index is 15.4. The summed E-state index contributed by atoms with van der Waals surface area (Å²) in [5.74, 6) is -10.1. The molecule has 12 atom stereocenters. The maximum atomic E-state index is 15.4. The second kappa shape index (κ2) is 39.4. The van der Waals surface area contributed by atoms with Crippen molar-refractivity contribution in [2.24, 2.45) is 41.4 Å². The highest BCUT2D eigenvalue weighted by Crippen LogP contribution is 2.27. The van der Waals surface area contributed by atoms with Crippen LogP contribution < -0.4 is 21.3 Å². The lowest BCUT2D eigenvalue weighted by atomic mass is 9.90. The van der Waals surface area contributed by atoms with Crippen LogP contribution in [0.2, 0.25) is 0 Å². The van der Waals surface area contributed by atoms with E-state index in [0.717, 1.165) is 46.8 Å². The summed E-state index contributed by atoms with van der Waals surface area (Å²) in [5, 5.41) is 23.4. The molecule has 1 saturated heterocycles. The summed E-state index contributed by atoms with van der Waals surface area (Å²) in [4.78, 5) is 182. The fourth-order valence-electron chi connectivity index (χ4n) is 11.9. The van der Waals surface area contributed by atoms with Crippen molar-refractivity contribution >= 4 is 70.8 Å². The van der Waals surface area contributed by atoms with Gasteiger partial charge in [0.1, 0.15) is 71.9 Å². The van der Waals surface area contributed by atoms with Crippen LogP contribution in [0.1, 0.15) is 201 Å². The van der Waals surface area contributed by atoms with Gasteiger partial charge < -0.3 is 65.5 Å². The SMILES string of the molecule is C=C1C(=O)N(C)[C@@H](CC(C)C)C(=O)N[C@@H](C(C)C)C(=O)N(C)[C@@H](CC(C)C)C(=O)N[C@@H](C)C(=O)N[C@H](C)C(=O)N(C)[C@@H](CC(C)C)C(=O)N(C)[C@@H](CC(C)C)C(=O)N(C)[C@@H](C(C)C)C(=O)N(C)[C@@H]([C@H](O)[C@H](C)CCCCCCCCC(C)=O)C(=O)N[C@@H](CC)C(=O)N1C. The highest BCUT2D eigenvalue weighted by Gasteiger charge is 2.46. The maximum Gasteiger partial charge on any atom is 0.270 e. The van der Waals surface area contributed by atoms with E-state index in [-0.39, 0.29) is 67.3 Å². The van der Waals surface area contributed by atoms with Gasteiger partial charge in [0, 0.05) is 55.8 Å². The van der Waals surface area contributed by atoms with E-state index < -0.39 is 149 Å². The fraction of sp³-hybridized carbons (Fsp3) is 0.797. The van der Waals surface area contributed by atoms with E-state index >= 15 is 19.2 Å². The summed E-state index contributed by atoms with van der Waals surface area (Å²) in [6.45, 7) is 33.6. The van der Waals surface area contributed by atoms with Gasteiger partial charge in [0.05, 0.1) is 6.10 Å². The third-order valence-corrected chi connectivity index (χ3v) is 17.9. The van der Waals surface area contributed by atoms with Crippen LogP contribution >= 0.6 is 0 Å². The molecule has 0 radical (unpaired) electrons. The van der Waals surface area contributed by atoms with E-state index in [1.807, 2.05) is 55.4 Å². The number of likely N-dealkylation sites (N-methyl/N-ethyl adjacent to an activating group) is 7. The number of hydrogen-bond acceptors (Lipinski definition) is 13. The molecule has 11 amide bonds. The Kier molecular flexibility index (Phi) is 35.8. The number of ketones is 1. The molecule has 0 bridgehead atoms. The number of rotatable bonds is 22. The van der Waals surface area contributed by atoms with E-state index in [1.54, 1.807) is 48.5 Å². The highest BCUT2D eigenvalue weighted by atomic mass is 16.3. The molecule has 0 aromatic heterocycles. The van der Waals surface area contributed by atoms with Crippen molar-refractivity contribution in [1.82, 2.24) is 55.6 Å². The number of nitrogens with one attached hydrogen (secondary N) is 4. The van der Waals surface area contributed by atoms with Crippen LogP contribution in [-0.2, 0) is 57.5 Å². The summed E-state index contributed by atoms with van der Waals surface area (Å²) in [7, 11) is 9.79. The van der Waals surface area contributed by atoms with Gasteiger partial charge in [0.25, 0.3) is 5.91 Å². The number of carbonyl (C=O) groups excluding carboxylic acids is 12. The van der Waals surface area contributed by atoms with Crippen molar-refractivity contribution in [2.75, 3.05) is 49.3 Å². The molecule has 1 rings (SSSR count). The van der Waals surface area contributed by atoms with Gasteiger partial charge in [-0.15, -0.1) is 0 Å². The van der Waals surface area contributed by atoms with Gasteiger partial charge in [0.15, 0.2) is 0 Å². The van der Waals surface area contributed by atoms with Crippen molar-refractivity contribution in [2.45, 2.75) is 268 Å². The monoisotopic (exact) mass is 1310 g/mol. The Hall–Kier alpha value is -6.46. The summed E-state index contributed by atoms with van der Waals surface area (Å²) >= 11 is 0. The van der Waals surface area contributed by atoms with Crippen molar-refractivity contribution in [3.8, 4) is 0 Å². The Morgan fingerprint density at radius 1 is 0.452 bits per heavy atom. The van der Waals surface area contributed by atoms with Crippen molar-refractivity contribution < 1.29 is 62.6 Å². The molecular formula is C69H123N11O13. The molecule has 93 heavy (non-hydrogen) atoms. The Morgan fingerprint density at radius 2 is 0.860 bits per heavy atom. The van der Waals surface area contributed by atoms with Gasteiger partial charge in [-0.05, 0) is 107 Å². The molecule has 0 saturated carbocycles. The smallest absolute Gasteiger partial charge is 0.270 e. The molecule has 1 fully saturated rings. The minimum atomic E-state index is -1.64. The molecule has 5 N–H and O–H groups in total. The molecule has 1 heterocycles. The van der Waals surface area contributed by atoms with E-state index in [0.29, 0.717) is 19.3 Å². The van der Waals surface area contributed by atoms with Crippen molar-refractivity contribution in [1.29, 1.82) is 0 Å². The quantitative estimate of drug-likeness (QED) is 0.0659. The molecule has 0 aromatic carbocycles. The Balaban J connectivity index is 4.35. The second-order valence-corrected chi connectivity index (χ2v) is 28.7. The summed E-state index contributed by atoms with van der Waals surface area (Å²) in [6, 6.07) is -12.7. The second-order valence-electron chi connectivity index (χ2n) is 28.7. The summed E-state index contributed by atoms with van der Waals surface area (Å²) in [6.07, 6.45) is 4.90. The van der Waals surface area contributed by atoms with E-state index in [2.05, 4.69) is 27.8 Å². The van der Waals surface area contributed by atoms with E-state index in [4.69, 9.17) is 0 Å². The number of carbonyl (C=O) groups is 12. The molecule has 0 aromatic rings. The normalized spacial score (nSPS) is 25.5. The third-order valence-electron chi connectivity index (χ3n) is 17.9.